The average molecular weight is 450 g/mol. The first kappa shape index (κ1) is 21.1. The second-order valence-electron chi connectivity index (χ2n) is 7.33. The first-order valence-corrected chi connectivity index (χ1v) is 11.8. The van der Waals surface area contributed by atoms with Gasteiger partial charge in [0.05, 0.1) is 23.8 Å². The number of nitrogens with one attached hydrogen (secondary N) is 1. The smallest absolute Gasteiger partial charge is 0.264 e. The van der Waals surface area contributed by atoms with E-state index >= 15 is 0 Å². The molecule has 4 rings (SSSR count). The van der Waals surface area contributed by atoms with Gasteiger partial charge in [-0.1, -0.05) is 11.6 Å². The van der Waals surface area contributed by atoms with Crippen LogP contribution in [0.4, 0.5) is 5.69 Å². The summed E-state index contributed by atoms with van der Waals surface area (Å²) in [5.41, 5.74) is 2.02. The first-order valence-electron chi connectivity index (χ1n) is 9.95. The minimum Gasteiger partial charge on any atom is -0.379 e. The third-order valence-electron chi connectivity index (χ3n) is 5.41. The molecule has 2 aromatic rings. The summed E-state index contributed by atoms with van der Waals surface area (Å²) in [5.74, 6) is -0.148. The lowest BCUT2D eigenvalue weighted by Gasteiger charge is -2.26. The maximum absolute atomic E-state index is 13.0. The molecule has 0 atom stereocenters. The van der Waals surface area contributed by atoms with Crippen LogP contribution in [0.1, 0.15) is 15.9 Å². The van der Waals surface area contributed by atoms with E-state index in [0.717, 1.165) is 38.4 Å². The molecule has 2 aliphatic heterocycles. The average Bonchev–Trinajstić information content (AvgIpc) is 3.19. The Hall–Kier alpha value is -2.13. The molecule has 2 aromatic carbocycles. The zero-order valence-electron chi connectivity index (χ0n) is 16.5. The van der Waals surface area contributed by atoms with Crippen molar-refractivity contribution in [3.8, 4) is 0 Å². The number of halogens is 1. The van der Waals surface area contributed by atoms with Crippen LogP contribution in [0.25, 0.3) is 0 Å². The van der Waals surface area contributed by atoms with Gasteiger partial charge < -0.3 is 10.1 Å². The summed E-state index contributed by atoms with van der Waals surface area (Å²) in [4.78, 5) is 15.0. The number of amides is 1. The highest BCUT2D eigenvalue weighted by atomic mass is 35.5. The van der Waals surface area contributed by atoms with Crippen molar-refractivity contribution in [3.05, 3.63) is 58.6 Å². The molecule has 1 N–H and O–H groups in total. The van der Waals surface area contributed by atoms with Crippen molar-refractivity contribution >= 4 is 33.2 Å². The van der Waals surface area contributed by atoms with Crippen LogP contribution in [0.3, 0.4) is 0 Å². The SMILES string of the molecule is O=C(NCCN1CCOCC1)c1ccc2c(c1)CCN2S(=O)(=O)c1ccc(Cl)cc1. The molecule has 2 heterocycles. The number of sulfonamides is 1. The Morgan fingerprint density at radius 3 is 2.53 bits per heavy atom. The van der Waals surface area contributed by atoms with Gasteiger partial charge in [-0.3, -0.25) is 14.0 Å². The van der Waals surface area contributed by atoms with Crippen LogP contribution in [0, 0.1) is 0 Å². The van der Waals surface area contributed by atoms with E-state index in [1.54, 1.807) is 30.3 Å². The van der Waals surface area contributed by atoms with Gasteiger partial charge in [-0.25, -0.2) is 8.42 Å². The van der Waals surface area contributed by atoms with E-state index in [2.05, 4.69) is 10.2 Å². The molecule has 1 amide bonds. The van der Waals surface area contributed by atoms with Gasteiger partial charge in [0.25, 0.3) is 15.9 Å². The Kier molecular flexibility index (Phi) is 6.29. The van der Waals surface area contributed by atoms with Crippen molar-refractivity contribution < 1.29 is 17.9 Å². The molecule has 0 aromatic heterocycles. The second-order valence-corrected chi connectivity index (χ2v) is 9.63. The first-order chi connectivity index (χ1) is 14.4. The van der Waals surface area contributed by atoms with E-state index in [9.17, 15) is 13.2 Å². The highest BCUT2D eigenvalue weighted by molar-refractivity contribution is 7.92. The highest BCUT2D eigenvalue weighted by Gasteiger charge is 2.31. The fourth-order valence-corrected chi connectivity index (χ4v) is 5.38. The summed E-state index contributed by atoms with van der Waals surface area (Å²) in [7, 11) is -3.67. The molecule has 7 nitrogen and oxygen atoms in total. The van der Waals surface area contributed by atoms with Gasteiger partial charge in [-0.2, -0.15) is 0 Å². The standard InChI is InChI=1S/C21H24ClN3O4S/c22-18-2-4-19(5-3-18)30(27,28)25-9-7-16-15-17(1-6-20(16)25)21(26)23-8-10-24-11-13-29-14-12-24/h1-6,15H,7-14H2,(H,23,26). The monoisotopic (exact) mass is 449 g/mol. The Bertz CT molecular complexity index is 1020. The van der Waals surface area contributed by atoms with Gasteiger partial charge >= 0.3 is 0 Å². The van der Waals surface area contributed by atoms with Crippen LogP contribution in [0.5, 0.6) is 0 Å². The number of fused-ring (bicyclic) bond motifs is 1. The molecule has 160 valence electrons. The zero-order chi connectivity index (χ0) is 21.1. The van der Waals surface area contributed by atoms with Crippen molar-refractivity contribution in [2.45, 2.75) is 11.3 Å². The fraction of sp³-hybridized carbons (Fsp3) is 0.381. The Balaban J connectivity index is 1.43. The molecular formula is C21H24ClN3O4S. The van der Waals surface area contributed by atoms with Crippen LogP contribution < -0.4 is 9.62 Å². The summed E-state index contributed by atoms with van der Waals surface area (Å²) in [6, 6.07) is 11.3. The van der Waals surface area contributed by atoms with Crippen LogP contribution in [-0.2, 0) is 21.2 Å². The van der Waals surface area contributed by atoms with Crippen LogP contribution in [-0.4, -0.2) is 65.2 Å². The molecule has 0 bridgehead atoms. The number of rotatable bonds is 6. The third kappa shape index (κ3) is 4.46. The minimum atomic E-state index is -3.67. The lowest BCUT2D eigenvalue weighted by Crippen LogP contribution is -2.41. The summed E-state index contributed by atoms with van der Waals surface area (Å²) >= 11 is 5.88. The molecule has 1 saturated heterocycles. The van der Waals surface area contributed by atoms with Gasteiger partial charge in [0.15, 0.2) is 0 Å². The van der Waals surface area contributed by atoms with Crippen molar-refractivity contribution in [3.63, 3.8) is 0 Å². The number of ether oxygens (including phenoxy) is 1. The molecule has 9 heteroatoms. The van der Waals surface area contributed by atoms with Crippen LogP contribution >= 0.6 is 11.6 Å². The Morgan fingerprint density at radius 1 is 1.07 bits per heavy atom. The van der Waals surface area contributed by atoms with E-state index in [1.165, 1.54) is 16.4 Å². The molecule has 0 spiro atoms. The van der Waals surface area contributed by atoms with Crippen LogP contribution in [0.15, 0.2) is 47.4 Å². The largest absolute Gasteiger partial charge is 0.379 e. The molecule has 30 heavy (non-hydrogen) atoms. The number of benzene rings is 2. The predicted octanol–water partition coefficient (Wildman–Crippen LogP) is 2.15. The molecular weight excluding hydrogens is 426 g/mol. The van der Waals surface area contributed by atoms with E-state index in [4.69, 9.17) is 16.3 Å². The number of hydrogen-bond acceptors (Lipinski definition) is 5. The van der Waals surface area contributed by atoms with Gasteiger partial charge in [0, 0.05) is 43.3 Å². The van der Waals surface area contributed by atoms with Gasteiger partial charge in [0.1, 0.15) is 0 Å². The van der Waals surface area contributed by atoms with Gasteiger partial charge in [-0.15, -0.1) is 0 Å². The van der Waals surface area contributed by atoms with Crippen LogP contribution in [0.2, 0.25) is 5.02 Å². The zero-order valence-corrected chi connectivity index (χ0v) is 18.1. The molecule has 2 aliphatic rings. The number of anilines is 1. The van der Waals surface area contributed by atoms with E-state index < -0.39 is 10.0 Å². The van der Waals surface area contributed by atoms with Crippen molar-refractivity contribution in [1.82, 2.24) is 10.2 Å². The van der Waals surface area contributed by atoms with Crippen molar-refractivity contribution in [2.75, 3.05) is 50.2 Å². The Morgan fingerprint density at radius 2 is 1.80 bits per heavy atom. The number of carbonyl (C=O) groups is 1. The molecule has 0 saturated carbocycles. The number of nitrogens with zero attached hydrogens (tertiary/aromatic N) is 2. The fourth-order valence-electron chi connectivity index (χ4n) is 3.75. The summed E-state index contributed by atoms with van der Waals surface area (Å²) in [6.07, 6.45) is 0.567. The van der Waals surface area contributed by atoms with Gasteiger partial charge in [0.2, 0.25) is 0 Å². The number of carbonyl (C=O) groups excluding carboxylic acids is 1. The number of hydrogen-bond donors (Lipinski definition) is 1. The lowest BCUT2D eigenvalue weighted by molar-refractivity contribution is 0.0383. The van der Waals surface area contributed by atoms with E-state index in [0.29, 0.717) is 35.8 Å². The molecule has 0 aliphatic carbocycles. The summed E-state index contributed by atoms with van der Waals surface area (Å²) < 4.78 is 32.7. The van der Waals surface area contributed by atoms with Crippen molar-refractivity contribution in [2.24, 2.45) is 0 Å². The maximum atomic E-state index is 13.0. The van der Waals surface area contributed by atoms with E-state index in [1.807, 2.05) is 0 Å². The molecule has 0 unspecified atom stereocenters. The molecule has 0 radical (unpaired) electrons. The third-order valence-corrected chi connectivity index (χ3v) is 7.49. The minimum absolute atomic E-state index is 0.148. The molecule has 1 fully saturated rings. The van der Waals surface area contributed by atoms with E-state index in [-0.39, 0.29) is 10.8 Å². The summed E-state index contributed by atoms with van der Waals surface area (Å²) in [6.45, 7) is 4.92. The second kappa shape index (κ2) is 8.93. The predicted molar refractivity (Wildman–Crippen MR) is 116 cm³/mol. The quantitative estimate of drug-likeness (QED) is 0.731. The Labute approximate surface area is 181 Å². The maximum Gasteiger partial charge on any atom is 0.264 e. The number of morpholine rings is 1. The van der Waals surface area contributed by atoms with Gasteiger partial charge in [-0.05, 0) is 54.4 Å². The highest BCUT2D eigenvalue weighted by Crippen LogP contribution is 2.33. The lowest BCUT2D eigenvalue weighted by atomic mass is 10.1. The topological polar surface area (TPSA) is 79.0 Å². The van der Waals surface area contributed by atoms with Crippen molar-refractivity contribution in [1.29, 1.82) is 0 Å². The normalized spacial score (nSPS) is 17.0. The summed E-state index contributed by atoms with van der Waals surface area (Å²) in [5, 5.41) is 3.43.